The molecule has 0 bridgehead atoms. The quantitative estimate of drug-likeness (QED) is 0.144. The summed E-state index contributed by atoms with van der Waals surface area (Å²) in [5.74, 6) is 0. The van der Waals surface area contributed by atoms with E-state index in [1.54, 1.807) is 0 Å². The number of nitrogens with zero attached hydrogens (tertiary/aromatic N) is 2. The van der Waals surface area contributed by atoms with Gasteiger partial charge in [0.2, 0.25) is 0 Å². The number of rotatable bonds is 1. The molecule has 8 aromatic carbocycles. The van der Waals surface area contributed by atoms with Gasteiger partial charge in [-0.05, 0) is 56.6 Å². The van der Waals surface area contributed by atoms with Crippen molar-refractivity contribution in [3.8, 4) is 5.69 Å². The minimum absolute atomic E-state index is 0.0726. The van der Waals surface area contributed by atoms with Gasteiger partial charge in [-0.15, -0.1) is 21.9 Å². The Labute approximate surface area is 330 Å². The molecule has 0 saturated carbocycles. The topological polar surface area (TPSA) is 9.34 Å². The van der Waals surface area contributed by atoms with Crippen LogP contribution in [0.4, 0.5) is 0 Å². The average molecular weight is 665 g/mol. The molecule has 0 unspecified atom stereocenters. The number of hydrogen-bond donors (Lipinski definition) is 0. The third-order valence-electron chi connectivity index (χ3n) is 11.9. The lowest BCUT2D eigenvalue weighted by Gasteiger charge is -2.29. The van der Waals surface area contributed by atoms with Crippen LogP contribution in [-0.2, 0) is 0 Å². The van der Waals surface area contributed by atoms with Crippen molar-refractivity contribution in [3.63, 3.8) is 0 Å². The first-order valence-electron chi connectivity index (χ1n) is 17.6. The third-order valence-corrected chi connectivity index (χ3v) is 11.9. The third kappa shape index (κ3) is 3.81. The van der Waals surface area contributed by atoms with E-state index in [2.05, 4.69) is 69.6 Å². The maximum absolute atomic E-state index is 7.41. The second-order valence-electron chi connectivity index (χ2n) is 14.4. The van der Waals surface area contributed by atoms with Crippen LogP contribution in [0.25, 0.3) is 97.9 Å². The first kappa shape index (κ1) is 33.2. The largest absolute Gasteiger partial charge is 0.310 e. The van der Waals surface area contributed by atoms with Crippen molar-refractivity contribution in [3.05, 3.63) is 78.9 Å². The van der Waals surface area contributed by atoms with Gasteiger partial charge in [0.25, 0.3) is 0 Å². The fraction of sp³-hybridized carbons (Fsp3) is 0. The van der Waals surface area contributed by atoms with E-state index in [9.17, 15) is 0 Å². The highest BCUT2D eigenvalue weighted by molar-refractivity contribution is 6.75. The molecular weight excluding hydrogens is 651 g/mol. The van der Waals surface area contributed by atoms with Crippen LogP contribution in [0.15, 0.2) is 78.9 Å². The number of fused-ring (bicyclic) bond motifs is 16. The van der Waals surface area contributed by atoms with Crippen molar-refractivity contribution >= 4 is 239 Å². The molecule has 0 aliphatic carbocycles. The predicted octanol–water partition coefficient (Wildman–Crippen LogP) is -1.87. The second kappa shape index (κ2) is 11.0. The van der Waals surface area contributed by atoms with E-state index in [1.165, 1.54) is 10.8 Å². The molecule has 22 radical (unpaired) electrons. The number of hydrogen-bond acceptors (Lipinski definition) is 0. The number of aromatic nitrogens is 2. The first-order chi connectivity index (χ1) is 26.5. The second-order valence-corrected chi connectivity index (χ2v) is 14.4. The molecule has 55 heavy (non-hydrogen) atoms. The maximum atomic E-state index is 7.41. The van der Waals surface area contributed by atoms with Crippen LogP contribution in [0.5, 0.6) is 0 Å². The Bertz CT molecular complexity index is 3580. The molecule has 0 saturated heterocycles. The molecule has 0 amide bonds. The molecule has 2 nitrogen and oxygen atoms in total. The minimum Gasteiger partial charge on any atom is -0.310 e. The van der Waals surface area contributed by atoms with Crippen LogP contribution in [0.1, 0.15) is 0 Å². The molecular formula is C42H13B11N2. The summed E-state index contributed by atoms with van der Waals surface area (Å²) in [5, 5.41) is 8.95. The molecule has 224 valence electrons. The molecule has 3 heterocycles. The molecule has 0 N–H and O–H groups in total. The van der Waals surface area contributed by atoms with Gasteiger partial charge in [-0.2, -0.15) is 0 Å². The summed E-state index contributed by atoms with van der Waals surface area (Å²) in [7, 11) is 74.6. The Morgan fingerprint density at radius 2 is 0.691 bits per heavy atom. The minimum atomic E-state index is 0.0726. The Morgan fingerprint density at radius 1 is 0.273 bits per heavy atom. The molecule has 0 spiro atoms. The fourth-order valence-corrected chi connectivity index (χ4v) is 9.47. The van der Waals surface area contributed by atoms with E-state index in [-0.39, 0.29) is 60.1 Å². The van der Waals surface area contributed by atoms with Gasteiger partial charge in [0.1, 0.15) is 86.3 Å². The highest BCUT2D eigenvalue weighted by atomic mass is 15.0. The Balaban J connectivity index is 1.39. The molecule has 0 aliphatic rings. The van der Waals surface area contributed by atoms with E-state index < -0.39 is 0 Å². The zero-order valence-corrected chi connectivity index (χ0v) is 29.3. The lowest BCUT2D eigenvalue weighted by Crippen LogP contribution is -2.51. The molecule has 0 atom stereocenters. The van der Waals surface area contributed by atoms with E-state index in [0.29, 0.717) is 38.0 Å². The highest BCUT2D eigenvalue weighted by Crippen LogP contribution is 2.44. The number of benzene rings is 8. The summed E-state index contributed by atoms with van der Waals surface area (Å²) < 4.78 is 4.41. The van der Waals surface area contributed by atoms with Crippen molar-refractivity contribution in [2.24, 2.45) is 0 Å². The van der Waals surface area contributed by atoms with Crippen LogP contribution in [0.3, 0.4) is 0 Å². The Kier molecular flexibility index (Phi) is 6.64. The summed E-state index contributed by atoms with van der Waals surface area (Å²) in [6, 6.07) is 27.4. The fourth-order valence-electron chi connectivity index (χ4n) is 9.47. The normalized spacial score (nSPS) is 12.4. The standard InChI is InChI=1S/C42H13B11N2/c43-30-24-25-27(33(46)39(52)37(50)31(25)44)29-28(26(24)32(45)38(51)36(30)49)34(47)40(53)42(35(29)48)55-19-11-4-2-7-16(19)22-20(55)12-13-21-23(22)17-9-5-8-15-14-6-1-3-10-18(14)54(21)41(15)17/h1-13H. The molecule has 0 fully saturated rings. The van der Waals surface area contributed by atoms with E-state index in [4.69, 9.17) is 86.3 Å². The van der Waals surface area contributed by atoms with Crippen molar-refractivity contribution in [1.29, 1.82) is 0 Å². The van der Waals surface area contributed by atoms with Crippen LogP contribution < -0.4 is 60.1 Å². The van der Waals surface area contributed by atoms with Gasteiger partial charge in [0.15, 0.2) is 0 Å². The van der Waals surface area contributed by atoms with Crippen molar-refractivity contribution in [2.75, 3.05) is 0 Å². The molecule has 0 aliphatic heterocycles. The monoisotopic (exact) mass is 666 g/mol. The van der Waals surface area contributed by atoms with Crippen molar-refractivity contribution in [2.45, 2.75) is 0 Å². The predicted molar refractivity (Wildman–Crippen MR) is 247 cm³/mol. The van der Waals surface area contributed by atoms with Crippen LogP contribution in [0.2, 0.25) is 0 Å². The van der Waals surface area contributed by atoms with Gasteiger partial charge in [-0.1, -0.05) is 92.8 Å². The molecule has 11 rings (SSSR count). The summed E-state index contributed by atoms with van der Waals surface area (Å²) in [4.78, 5) is 0. The SMILES string of the molecule is [B]c1c([B])c([B])c2c(c1[B])c1c([B])c([B])c([B])c([B])c1c1c([B])c(-n3c4ccccc4c4c5c6cccc7c8ccccc8n(c5ccc43)c76)c([B])c([B])c21. The van der Waals surface area contributed by atoms with E-state index in [1.807, 2.05) is 18.2 Å². The van der Waals surface area contributed by atoms with Gasteiger partial charge in [-0.25, -0.2) is 0 Å². The zero-order chi connectivity index (χ0) is 38.1. The van der Waals surface area contributed by atoms with Gasteiger partial charge < -0.3 is 8.97 Å². The summed E-state index contributed by atoms with van der Waals surface area (Å²) in [6.07, 6.45) is 0. The van der Waals surface area contributed by atoms with E-state index in [0.717, 1.165) is 49.1 Å². The van der Waals surface area contributed by atoms with Crippen LogP contribution in [-0.4, -0.2) is 95.3 Å². The van der Waals surface area contributed by atoms with Crippen LogP contribution >= 0.6 is 0 Å². The van der Waals surface area contributed by atoms with E-state index >= 15 is 0 Å². The summed E-state index contributed by atoms with van der Waals surface area (Å²) in [6.45, 7) is 0. The lowest BCUT2D eigenvalue weighted by molar-refractivity contribution is 1.21. The van der Waals surface area contributed by atoms with Crippen molar-refractivity contribution in [1.82, 2.24) is 8.97 Å². The Morgan fingerprint density at radius 3 is 1.27 bits per heavy atom. The van der Waals surface area contributed by atoms with Gasteiger partial charge in [0.05, 0.1) is 27.6 Å². The van der Waals surface area contributed by atoms with Crippen LogP contribution in [0, 0.1) is 0 Å². The van der Waals surface area contributed by atoms with Gasteiger partial charge in [-0.3, -0.25) is 0 Å². The molecule has 11 aromatic rings. The zero-order valence-electron chi connectivity index (χ0n) is 29.3. The first-order valence-corrected chi connectivity index (χ1v) is 17.6. The highest BCUT2D eigenvalue weighted by Gasteiger charge is 2.27. The maximum Gasteiger partial charge on any atom is 0.117 e. The molecule has 13 heteroatoms. The van der Waals surface area contributed by atoms with Crippen molar-refractivity contribution < 1.29 is 0 Å². The van der Waals surface area contributed by atoms with Gasteiger partial charge >= 0.3 is 0 Å². The van der Waals surface area contributed by atoms with Gasteiger partial charge in [0, 0.05) is 38.0 Å². The number of para-hydroxylation sites is 3. The molecule has 3 aromatic heterocycles. The Hall–Kier alpha value is -5.15. The summed E-state index contributed by atoms with van der Waals surface area (Å²) >= 11 is 0. The summed E-state index contributed by atoms with van der Waals surface area (Å²) in [5.41, 5.74) is 6.99. The average Bonchev–Trinajstić information content (AvgIpc) is 3.84. The lowest BCUT2D eigenvalue weighted by atomic mass is 9.58. The smallest absolute Gasteiger partial charge is 0.117 e.